The predicted molar refractivity (Wildman–Crippen MR) is 221 cm³/mol. The quantitative estimate of drug-likeness (QED) is 0.0835. The number of alkyl halides is 3. The van der Waals surface area contributed by atoms with Gasteiger partial charge in [-0.25, -0.2) is 4.79 Å². The van der Waals surface area contributed by atoms with Gasteiger partial charge in [0, 0.05) is 66.7 Å². The van der Waals surface area contributed by atoms with Crippen LogP contribution in [-0.2, 0) is 27.3 Å². The van der Waals surface area contributed by atoms with Crippen LogP contribution in [0, 0.1) is 0 Å². The van der Waals surface area contributed by atoms with E-state index in [9.17, 15) is 37.8 Å². The molecule has 0 saturated carbocycles. The summed E-state index contributed by atoms with van der Waals surface area (Å²) in [6, 6.07) is 27.1. The number of anilines is 2. The molecule has 0 spiro atoms. The topological polar surface area (TPSA) is 202 Å². The van der Waals surface area contributed by atoms with Crippen molar-refractivity contribution in [3.05, 3.63) is 118 Å². The number of fused-ring (bicyclic) bond motifs is 1. The molecule has 0 radical (unpaired) electrons. The van der Waals surface area contributed by atoms with E-state index < -0.39 is 24.3 Å². The zero-order valence-electron chi connectivity index (χ0n) is 33.8. The first-order chi connectivity index (χ1) is 28.9. The molecule has 2 amide bonds. The summed E-state index contributed by atoms with van der Waals surface area (Å²) in [6.07, 6.45) is -4.39. The standard InChI is InChI=1S/C42H47N5O7.C2HF3O2/c1-47(2)21-19-31(20-22-47)54-42(52)45-35-23-27(9-13-32(35)28-7-5-4-6-8-28)10-17-39(50)44-30-12-11-29(38(24-30)53-3)25-43-26-37(49)33-14-16-36(48)41-34(33)15-18-40(51)46-41;3-2(4,5)1(6)7/h4-9,11-16,18,23-24,31,37,43,49H,10,17,19-22,25-26H2,1-3H3,(H3-,44,45,46,48,50,51,52);(H,6,7)/t37-;/m0./s1. The molecule has 6 N–H and O–H groups in total. The first-order valence-electron chi connectivity index (χ1n) is 19.4. The number of aliphatic hydroxyl groups is 1. The number of aromatic hydroxyl groups is 1. The van der Waals surface area contributed by atoms with Crippen LogP contribution in [0.3, 0.4) is 0 Å². The van der Waals surface area contributed by atoms with Crippen molar-refractivity contribution in [2.24, 2.45) is 0 Å². The van der Waals surface area contributed by atoms with Crippen LogP contribution in [0.4, 0.5) is 29.3 Å². The number of phenols is 1. The highest BCUT2D eigenvalue weighted by Crippen LogP contribution is 2.31. The number of quaternary nitrogens is 1. The Hall–Kier alpha value is -6.43. The van der Waals surface area contributed by atoms with Crippen LogP contribution in [0.25, 0.3) is 22.0 Å². The van der Waals surface area contributed by atoms with Gasteiger partial charge in [0.25, 0.3) is 0 Å². The smallest absolute Gasteiger partial charge is 0.430 e. The second kappa shape index (κ2) is 20.2. The van der Waals surface area contributed by atoms with E-state index in [4.69, 9.17) is 19.4 Å². The molecule has 4 aromatic carbocycles. The highest BCUT2D eigenvalue weighted by atomic mass is 19.4. The molecule has 14 nitrogen and oxygen atoms in total. The lowest BCUT2D eigenvalue weighted by Gasteiger charge is -2.36. The maximum absolute atomic E-state index is 13.1. The second-order valence-electron chi connectivity index (χ2n) is 15.2. The molecule has 1 saturated heterocycles. The number of carbonyl (C=O) groups excluding carboxylic acids is 3. The van der Waals surface area contributed by atoms with Crippen molar-refractivity contribution in [3.63, 3.8) is 0 Å². The van der Waals surface area contributed by atoms with E-state index in [0.717, 1.165) is 52.7 Å². The molecule has 1 aliphatic rings. The van der Waals surface area contributed by atoms with E-state index in [0.29, 0.717) is 41.0 Å². The van der Waals surface area contributed by atoms with Crippen LogP contribution < -0.4 is 31.4 Å². The Morgan fingerprint density at radius 3 is 2.33 bits per heavy atom. The van der Waals surface area contributed by atoms with Crippen LogP contribution in [0.2, 0.25) is 0 Å². The molecule has 0 unspecified atom stereocenters. The number of hydrogen-bond donors (Lipinski definition) is 6. The number of amides is 2. The highest BCUT2D eigenvalue weighted by molar-refractivity contribution is 5.93. The molecule has 1 aliphatic heterocycles. The van der Waals surface area contributed by atoms with Crippen LogP contribution in [0.15, 0.2) is 95.8 Å². The molecular weight excluding hydrogens is 800 g/mol. The van der Waals surface area contributed by atoms with Gasteiger partial charge in [-0.05, 0) is 47.4 Å². The van der Waals surface area contributed by atoms with Crippen molar-refractivity contribution in [3.8, 4) is 22.6 Å². The third-order valence-corrected chi connectivity index (χ3v) is 10.2. The molecule has 1 fully saturated rings. The number of carboxylic acid groups (broad SMARTS) is 1. The number of halogens is 3. The number of phenolic OH excluding ortho intramolecular Hbond substituents is 1. The molecule has 17 heteroatoms. The number of methoxy groups -OCH3 is 1. The van der Waals surface area contributed by atoms with Gasteiger partial charge < -0.3 is 49.7 Å². The lowest BCUT2D eigenvalue weighted by atomic mass is 9.99. The minimum atomic E-state index is -5.19. The first-order valence-corrected chi connectivity index (χ1v) is 19.4. The molecule has 1 aromatic heterocycles. The number of nitrogens with one attached hydrogen (secondary N) is 4. The number of pyridine rings is 1. The molecule has 0 aliphatic carbocycles. The number of carbonyl (C=O) groups is 3. The Balaban J connectivity index is 0.000000925. The summed E-state index contributed by atoms with van der Waals surface area (Å²) in [5.41, 5.74) is 5.26. The average molecular weight is 848 g/mol. The number of likely N-dealkylation sites (tertiary alicyclic amines) is 1. The van der Waals surface area contributed by atoms with Gasteiger partial charge in [0.1, 0.15) is 23.6 Å². The number of hydrogen-bond acceptors (Lipinski definition) is 10. The number of benzene rings is 4. The summed E-state index contributed by atoms with van der Waals surface area (Å²) in [5, 5.41) is 39.6. The summed E-state index contributed by atoms with van der Waals surface area (Å²) < 4.78 is 43.9. The van der Waals surface area contributed by atoms with Gasteiger partial charge in [0.05, 0.1) is 51.6 Å². The molecule has 1 atom stereocenters. The molecule has 61 heavy (non-hydrogen) atoms. The lowest BCUT2D eigenvalue weighted by molar-refractivity contribution is -0.896. The normalized spacial score (nSPS) is 14.3. The van der Waals surface area contributed by atoms with Gasteiger partial charge >= 0.3 is 12.3 Å². The Kier molecular flexibility index (Phi) is 15.1. The molecule has 5 aromatic rings. The Morgan fingerprint density at radius 1 is 0.951 bits per heavy atom. The largest absolute Gasteiger partial charge is 0.542 e. The number of piperidine rings is 1. The molecule has 324 valence electrons. The fourth-order valence-electron chi connectivity index (χ4n) is 6.82. The lowest BCUT2D eigenvalue weighted by Crippen LogP contribution is -2.48. The van der Waals surface area contributed by atoms with Crippen LogP contribution >= 0.6 is 0 Å². The SMILES string of the molecule is COc1cc(NC(=O)CCc2ccc(-c3ccccc3)c(NC(=O)OC3CC[N+](C)(C)CC3)c2)ccc1CNC[C@H](O)c1ccc(O)c2[nH]c(=O)ccc12.O=C([O-])C(F)(F)F. The number of nitrogens with zero attached hydrogens (tertiary/aromatic N) is 1. The van der Waals surface area contributed by atoms with Gasteiger partial charge in [-0.1, -0.05) is 54.6 Å². The summed E-state index contributed by atoms with van der Waals surface area (Å²) >= 11 is 0. The van der Waals surface area contributed by atoms with Crippen molar-refractivity contribution < 1.29 is 56.8 Å². The van der Waals surface area contributed by atoms with Gasteiger partial charge in [0.2, 0.25) is 11.5 Å². The van der Waals surface area contributed by atoms with Crippen molar-refractivity contribution in [1.29, 1.82) is 0 Å². The zero-order valence-corrected chi connectivity index (χ0v) is 33.8. The number of rotatable bonds is 13. The highest BCUT2D eigenvalue weighted by Gasteiger charge is 2.29. The monoisotopic (exact) mass is 847 g/mol. The van der Waals surface area contributed by atoms with E-state index in [1.54, 1.807) is 31.4 Å². The Bertz CT molecular complexity index is 2380. The fourth-order valence-corrected chi connectivity index (χ4v) is 6.82. The van der Waals surface area contributed by atoms with E-state index in [1.807, 2.05) is 54.6 Å². The summed E-state index contributed by atoms with van der Waals surface area (Å²) in [7, 11) is 5.93. The van der Waals surface area contributed by atoms with E-state index >= 15 is 0 Å². The number of ether oxygens (including phenoxy) is 2. The third kappa shape index (κ3) is 13.0. The minimum Gasteiger partial charge on any atom is -0.542 e. The molecule has 0 bridgehead atoms. The van der Waals surface area contributed by atoms with Gasteiger partial charge in [-0.3, -0.25) is 14.9 Å². The number of aliphatic carboxylic acids is 1. The third-order valence-electron chi connectivity index (χ3n) is 10.2. The van der Waals surface area contributed by atoms with E-state index in [2.05, 4.69) is 35.0 Å². The maximum Gasteiger partial charge on any atom is 0.430 e. The first kappa shape index (κ1) is 45.7. The minimum absolute atomic E-state index is 0.0695. The number of aromatic nitrogens is 1. The predicted octanol–water partition coefficient (Wildman–Crippen LogP) is 5.39. The van der Waals surface area contributed by atoms with Crippen LogP contribution in [-0.4, -0.2) is 90.8 Å². The van der Waals surface area contributed by atoms with Gasteiger partial charge in [-0.15, -0.1) is 0 Å². The summed E-state index contributed by atoms with van der Waals surface area (Å²) in [4.78, 5) is 49.3. The van der Waals surface area contributed by atoms with Crippen molar-refractivity contribution in [2.75, 3.05) is 51.5 Å². The van der Waals surface area contributed by atoms with E-state index in [1.165, 1.54) is 12.1 Å². The number of aliphatic hydroxyl groups excluding tert-OH is 1. The number of aromatic amines is 1. The van der Waals surface area contributed by atoms with Gasteiger partial charge in [0.15, 0.2) is 0 Å². The fraction of sp³-hybridized carbons (Fsp3) is 0.318. The van der Waals surface area contributed by atoms with Crippen molar-refractivity contribution >= 4 is 40.2 Å². The summed E-state index contributed by atoms with van der Waals surface area (Å²) in [6.45, 7) is 2.49. The number of carboxylic acids is 1. The number of aryl methyl sites for hydroxylation is 1. The van der Waals surface area contributed by atoms with Crippen molar-refractivity contribution in [1.82, 2.24) is 10.3 Å². The van der Waals surface area contributed by atoms with Crippen LogP contribution in [0.5, 0.6) is 11.5 Å². The Morgan fingerprint density at radius 2 is 1.66 bits per heavy atom. The molecule has 2 heterocycles. The molecule has 6 rings (SSSR count). The Labute approximate surface area is 349 Å². The number of H-pyrrole nitrogens is 1. The van der Waals surface area contributed by atoms with Crippen LogP contribution in [0.1, 0.15) is 42.1 Å². The summed E-state index contributed by atoms with van der Waals surface area (Å²) in [5.74, 6) is -2.68. The van der Waals surface area contributed by atoms with Gasteiger partial charge in [-0.2, -0.15) is 13.2 Å². The van der Waals surface area contributed by atoms with E-state index in [-0.39, 0.29) is 41.8 Å². The maximum atomic E-state index is 13.1. The average Bonchev–Trinajstić information content (AvgIpc) is 3.22. The molecular formula is C44H48F3N5O9. The zero-order chi connectivity index (χ0) is 44.3. The van der Waals surface area contributed by atoms with Crippen molar-refractivity contribution in [2.45, 2.75) is 50.6 Å². The second-order valence-corrected chi connectivity index (χ2v) is 15.2.